The predicted octanol–water partition coefficient (Wildman–Crippen LogP) is 2.15. The van der Waals surface area contributed by atoms with Gasteiger partial charge in [0.05, 0.1) is 0 Å². The van der Waals surface area contributed by atoms with E-state index in [1.54, 1.807) is 0 Å². The maximum absolute atomic E-state index is 10.2. The monoisotopic (exact) mass is 292 g/mol. The van der Waals surface area contributed by atoms with Crippen molar-refractivity contribution in [2.75, 3.05) is 0 Å². The van der Waals surface area contributed by atoms with Crippen molar-refractivity contribution in [1.29, 1.82) is 0 Å². The second kappa shape index (κ2) is 18.9. The van der Waals surface area contributed by atoms with Crippen LogP contribution in [0.4, 0.5) is 0 Å². The zero-order chi connectivity index (χ0) is 12.9. The van der Waals surface area contributed by atoms with Crippen LogP contribution in [0.5, 0.6) is 0 Å². The Morgan fingerprint density at radius 1 is 0.526 bits per heavy atom. The maximum atomic E-state index is 10.2. The molecule has 0 aliphatic heterocycles. The van der Waals surface area contributed by atoms with Gasteiger partial charge in [-0.3, -0.25) is 9.59 Å². The number of unbranched alkanes of at least 4 members (excludes halogenated alkanes) is 8. The Hall–Kier alpha value is 0.940. The van der Waals surface area contributed by atoms with Crippen molar-refractivity contribution < 1.29 is 19.8 Å². The van der Waals surface area contributed by atoms with Gasteiger partial charge in [0.15, 0.2) is 0 Å². The molecule has 0 aliphatic carbocycles. The zero-order valence-corrected chi connectivity index (χ0v) is 10.5. The second-order valence-electron chi connectivity index (χ2n) is 4.47. The van der Waals surface area contributed by atoms with E-state index in [9.17, 15) is 9.59 Å². The third-order valence-corrected chi connectivity index (χ3v) is 2.78. The van der Waals surface area contributed by atoms with Crippen molar-refractivity contribution in [2.24, 2.45) is 0 Å². The third-order valence-electron chi connectivity index (χ3n) is 2.78. The molecule has 0 saturated heterocycles. The predicted molar refractivity (Wildman–Crippen MR) is 80.4 cm³/mol. The summed E-state index contributed by atoms with van der Waals surface area (Å²) in [7, 11) is 0. The van der Waals surface area contributed by atoms with Crippen LogP contribution in [0.2, 0.25) is 0 Å². The normalized spacial score (nSPS) is 9.26. The third kappa shape index (κ3) is 24.4. The molecule has 0 aromatic rings. The van der Waals surface area contributed by atoms with E-state index < -0.39 is 11.9 Å². The SMILES string of the molecule is O=C(O)CCCCCCCCCCCC(=O)O.[NaH].[NaH]. The fraction of sp³-hybridized carbons (Fsp3) is 0.846. The van der Waals surface area contributed by atoms with Crippen LogP contribution in [0.15, 0.2) is 0 Å². The average molecular weight is 292 g/mol. The van der Waals surface area contributed by atoms with Crippen molar-refractivity contribution in [3.05, 3.63) is 0 Å². The van der Waals surface area contributed by atoms with Crippen LogP contribution in [0.25, 0.3) is 0 Å². The summed E-state index contributed by atoms with van der Waals surface area (Å²) in [5, 5.41) is 16.9. The molecule has 0 radical (unpaired) electrons. The summed E-state index contributed by atoms with van der Waals surface area (Å²) in [6.45, 7) is 0. The van der Waals surface area contributed by atoms with E-state index in [0.29, 0.717) is 0 Å². The summed E-state index contributed by atoms with van der Waals surface area (Å²) in [5.41, 5.74) is 0. The van der Waals surface area contributed by atoms with E-state index in [1.165, 1.54) is 19.3 Å². The topological polar surface area (TPSA) is 74.6 Å². The van der Waals surface area contributed by atoms with Gasteiger partial charge in [-0.2, -0.15) is 0 Å². The molecule has 0 heterocycles. The zero-order valence-electron chi connectivity index (χ0n) is 10.5. The summed E-state index contributed by atoms with van der Waals surface area (Å²) < 4.78 is 0. The van der Waals surface area contributed by atoms with Gasteiger partial charge in [-0.15, -0.1) is 0 Å². The Morgan fingerprint density at radius 2 is 0.737 bits per heavy atom. The number of carboxylic acid groups (broad SMARTS) is 2. The van der Waals surface area contributed by atoms with Gasteiger partial charge in [0.1, 0.15) is 0 Å². The van der Waals surface area contributed by atoms with Crippen molar-refractivity contribution in [3.63, 3.8) is 0 Å². The first-order valence-corrected chi connectivity index (χ1v) is 6.56. The molecule has 0 aromatic heterocycles. The molecule has 0 rings (SSSR count). The number of hydrogen-bond acceptors (Lipinski definition) is 2. The van der Waals surface area contributed by atoms with Gasteiger partial charge in [-0.25, -0.2) is 0 Å². The molecule has 0 aliphatic rings. The van der Waals surface area contributed by atoms with Crippen molar-refractivity contribution in [3.8, 4) is 0 Å². The fourth-order valence-corrected chi connectivity index (χ4v) is 1.79. The van der Waals surface area contributed by atoms with E-state index in [4.69, 9.17) is 10.2 Å². The molecule has 19 heavy (non-hydrogen) atoms. The standard InChI is InChI=1S/C13H24O4.2Na.2H/c14-12(15)10-8-6-4-2-1-3-5-7-9-11-13(16)17;;;;/h1-11H2,(H,14,15)(H,16,17);;;;. The minimum absolute atomic E-state index is 0. The molecule has 0 atom stereocenters. The van der Waals surface area contributed by atoms with E-state index >= 15 is 0 Å². The van der Waals surface area contributed by atoms with Crippen LogP contribution in [0, 0.1) is 0 Å². The van der Waals surface area contributed by atoms with Crippen LogP contribution in [0.1, 0.15) is 70.6 Å². The number of aliphatic carboxylic acids is 2. The van der Waals surface area contributed by atoms with Gasteiger partial charge in [0.2, 0.25) is 0 Å². The Labute approximate surface area is 160 Å². The van der Waals surface area contributed by atoms with Gasteiger partial charge in [0.25, 0.3) is 0 Å². The molecular formula is C13H26Na2O4. The molecule has 4 nitrogen and oxygen atoms in total. The average Bonchev–Trinajstić information content (AvgIpc) is 2.25. The quantitative estimate of drug-likeness (QED) is 0.427. The van der Waals surface area contributed by atoms with Crippen molar-refractivity contribution >= 4 is 71.1 Å². The summed E-state index contributed by atoms with van der Waals surface area (Å²) in [6.07, 6.45) is 9.89. The molecule has 2 N–H and O–H groups in total. The number of hydrogen-bond donors (Lipinski definition) is 2. The first-order valence-electron chi connectivity index (χ1n) is 6.56. The Morgan fingerprint density at radius 3 is 0.947 bits per heavy atom. The van der Waals surface area contributed by atoms with Crippen molar-refractivity contribution in [2.45, 2.75) is 70.6 Å². The number of carbonyl (C=O) groups is 2. The first kappa shape index (κ1) is 24.9. The molecule has 104 valence electrons. The summed E-state index contributed by atoms with van der Waals surface area (Å²) in [4.78, 5) is 20.5. The molecular weight excluding hydrogens is 266 g/mol. The van der Waals surface area contributed by atoms with E-state index in [0.717, 1.165) is 38.5 Å². The molecule has 6 heteroatoms. The summed E-state index contributed by atoms with van der Waals surface area (Å²) in [5.74, 6) is -1.41. The molecule has 0 spiro atoms. The first-order chi connectivity index (χ1) is 8.13. The number of carboxylic acids is 2. The van der Waals surface area contributed by atoms with Gasteiger partial charge in [-0.1, -0.05) is 44.9 Å². The molecule has 0 aromatic carbocycles. The van der Waals surface area contributed by atoms with Gasteiger partial charge >= 0.3 is 71.1 Å². The molecule has 0 fully saturated rings. The van der Waals surface area contributed by atoms with Gasteiger partial charge < -0.3 is 10.2 Å². The van der Waals surface area contributed by atoms with E-state index in [-0.39, 0.29) is 72.0 Å². The van der Waals surface area contributed by atoms with E-state index in [1.807, 2.05) is 0 Å². The minimum atomic E-state index is -0.705. The molecule has 0 bridgehead atoms. The number of rotatable bonds is 12. The van der Waals surface area contributed by atoms with Crippen LogP contribution >= 0.6 is 0 Å². The van der Waals surface area contributed by atoms with Crippen LogP contribution in [0.3, 0.4) is 0 Å². The van der Waals surface area contributed by atoms with E-state index in [2.05, 4.69) is 0 Å². The fourth-order valence-electron chi connectivity index (χ4n) is 1.79. The summed E-state index contributed by atoms with van der Waals surface area (Å²) in [6, 6.07) is 0. The van der Waals surface area contributed by atoms with Crippen molar-refractivity contribution in [1.82, 2.24) is 0 Å². The van der Waals surface area contributed by atoms with Gasteiger partial charge in [0, 0.05) is 12.8 Å². The van der Waals surface area contributed by atoms with Crippen LogP contribution < -0.4 is 0 Å². The molecule has 0 amide bonds. The van der Waals surface area contributed by atoms with Gasteiger partial charge in [-0.05, 0) is 12.8 Å². The van der Waals surface area contributed by atoms with Crippen LogP contribution in [-0.4, -0.2) is 81.3 Å². The Bertz CT molecular complexity index is 201. The second-order valence-corrected chi connectivity index (χ2v) is 4.47. The Kier molecular flexibility index (Phi) is 24.8. The Balaban J connectivity index is -0.00000128. The molecule has 0 unspecified atom stereocenters. The van der Waals surface area contributed by atoms with Crippen LogP contribution in [-0.2, 0) is 9.59 Å². The molecule has 0 saturated carbocycles. The summed E-state index contributed by atoms with van der Waals surface area (Å²) >= 11 is 0.